The van der Waals surface area contributed by atoms with E-state index in [9.17, 15) is 0 Å². The normalized spacial score (nSPS) is 20.9. The summed E-state index contributed by atoms with van der Waals surface area (Å²) < 4.78 is 17.5. The van der Waals surface area contributed by atoms with Crippen LogP contribution < -0.4 is 14.4 Å². The fourth-order valence-electron chi connectivity index (χ4n) is 4.66. The third kappa shape index (κ3) is 4.79. The predicted molar refractivity (Wildman–Crippen MR) is 126 cm³/mol. The average molecular weight is 445 g/mol. The lowest BCUT2D eigenvalue weighted by Crippen LogP contribution is -2.47. The molecule has 2 aromatic rings. The van der Waals surface area contributed by atoms with Gasteiger partial charge >= 0.3 is 0 Å². The van der Waals surface area contributed by atoms with Crippen molar-refractivity contribution in [2.24, 2.45) is 0 Å². The molecule has 1 saturated heterocycles. The molecular weight excluding hydrogens is 412 g/mol. The molecular formula is C25H33ClN2O3. The monoisotopic (exact) mass is 444 g/mol. The van der Waals surface area contributed by atoms with Crippen LogP contribution >= 0.6 is 11.6 Å². The van der Waals surface area contributed by atoms with Crippen LogP contribution in [-0.4, -0.2) is 58.5 Å². The van der Waals surface area contributed by atoms with E-state index < -0.39 is 0 Å². The molecule has 0 N–H and O–H groups in total. The minimum Gasteiger partial charge on any atom is -0.493 e. The zero-order chi connectivity index (χ0) is 22.0. The lowest BCUT2D eigenvalue weighted by atomic mass is 9.78. The third-order valence-electron chi connectivity index (χ3n) is 6.53. The Balaban J connectivity index is 1.41. The molecule has 0 spiro atoms. The van der Waals surface area contributed by atoms with E-state index in [4.69, 9.17) is 25.8 Å². The molecule has 2 aliphatic heterocycles. The molecule has 0 amide bonds. The first-order valence-electron chi connectivity index (χ1n) is 11.0. The van der Waals surface area contributed by atoms with Gasteiger partial charge in [-0.25, -0.2) is 0 Å². The molecule has 0 saturated carbocycles. The predicted octanol–water partition coefficient (Wildman–Crippen LogP) is 4.92. The molecule has 168 valence electrons. The Labute approximate surface area is 190 Å². The maximum Gasteiger partial charge on any atom is 0.161 e. The van der Waals surface area contributed by atoms with Crippen molar-refractivity contribution in [1.29, 1.82) is 0 Å². The van der Waals surface area contributed by atoms with E-state index in [1.165, 1.54) is 16.8 Å². The smallest absolute Gasteiger partial charge is 0.161 e. The molecule has 2 aliphatic rings. The van der Waals surface area contributed by atoms with Gasteiger partial charge in [0.05, 0.1) is 26.9 Å². The van der Waals surface area contributed by atoms with Crippen molar-refractivity contribution in [3.8, 4) is 11.5 Å². The second kappa shape index (κ2) is 9.27. The van der Waals surface area contributed by atoms with Crippen molar-refractivity contribution in [3.05, 3.63) is 52.5 Å². The summed E-state index contributed by atoms with van der Waals surface area (Å²) in [5, 5.41) is 0.794. The van der Waals surface area contributed by atoms with Crippen LogP contribution in [0, 0.1) is 0 Å². The molecule has 0 radical (unpaired) electrons. The Morgan fingerprint density at radius 1 is 1.03 bits per heavy atom. The van der Waals surface area contributed by atoms with Gasteiger partial charge in [-0.1, -0.05) is 31.5 Å². The lowest BCUT2D eigenvalue weighted by Gasteiger charge is -2.40. The SMILES string of the molecule is COc1cc2c(cc1OC)C(C)(C)COC2CCN1CCN(c2cccc(Cl)c2)CC1. The van der Waals surface area contributed by atoms with E-state index in [0.29, 0.717) is 6.61 Å². The van der Waals surface area contributed by atoms with Gasteiger partial charge < -0.3 is 19.1 Å². The molecule has 31 heavy (non-hydrogen) atoms. The summed E-state index contributed by atoms with van der Waals surface area (Å²) in [6, 6.07) is 12.4. The van der Waals surface area contributed by atoms with Gasteiger partial charge in [-0.3, -0.25) is 4.90 Å². The number of rotatable bonds is 6. The van der Waals surface area contributed by atoms with Crippen molar-refractivity contribution in [1.82, 2.24) is 4.90 Å². The Morgan fingerprint density at radius 3 is 2.42 bits per heavy atom. The Hall–Kier alpha value is -1.95. The summed E-state index contributed by atoms with van der Waals surface area (Å²) in [4.78, 5) is 4.94. The van der Waals surface area contributed by atoms with E-state index in [2.05, 4.69) is 41.8 Å². The topological polar surface area (TPSA) is 34.2 Å². The van der Waals surface area contributed by atoms with Crippen LogP contribution in [0.5, 0.6) is 11.5 Å². The highest BCUT2D eigenvalue weighted by Gasteiger charge is 2.35. The standard InChI is InChI=1S/C25H33ClN2O3/c1-25(2)17-31-22(20-15-23(29-3)24(30-4)16-21(20)25)8-9-27-10-12-28(13-11-27)19-7-5-6-18(26)14-19/h5-7,14-16,22H,8-13,17H2,1-4H3. The maximum atomic E-state index is 6.34. The number of piperazine rings is 1. The highest BCUT2D eigenvalue weighted by atomic mass is 35.5. The van der Waals surface area contributed by atoms with Crippen LogP contribution in [0.15, 0.2) is 36.4 Å². The first-order chi connectivity index (χ1) is 14.9. The third-order valence-corrected chi connectivity index (χ3v) is 6.77. The second-order valence-electron chi connectivity index (χ2n) is 9.08. The van der Waals surface area contributed by atoms with Crippen LogP contribution in [0.2, 0.25) is 5.02 Å². The fourth-order valence-corrected chi connectivity index (χ4v) is 4.85. The van der Waals surface area contributed by atoms with E-state index in [1.807, 2.05) is 18.2 Å². The maximum absolute atomic E-state index is 6.34. The van der Waals surface area contributed by atoms with E-state index in [0.717, 1.165) is 55.7 Å². The van der Waals surface area contributed by atoms with Crippen LogP contribution in [-0.2, 0) is 10.2 Å². The van der Waals surface area contributed by atoms with Crippen LogP contribution in [0.25, 0.3) is 0 Å². The van der Waals surface area contributed by atoms with Crippen molar-refractivity contribution >= 4 is 17.3 Å². The molecule has 6 heteroatoms. The molecule has 0 aliphatic carbocycles. The Kier molecular flexibility index (Phi) is 6.65. The summed E-state index contributed by atoms with van der Waals surface area (Å²) in [6.45, 7) is 10.3. The Morgan fingerprint density at radius 2 is 1.74 bits per heavy atom. The molecule has 2 heterocycles. The zero-order valence-corrected chi connectivity index (χ0v) is 19.7. The van der Waals surface area contributed by atoms with Crippen LogP contribution in [0.1, 0.15) is 37.5 Å². The Bertz CT molecular complexity index is 910. The molecule has 5 nitrogen and oxygen atoms in total. The number of anilines is 1. The number of hydrogen-bond acceptors (Lipinski definition) is 5. The van der Waals surface area contributed by atoms with Crippen molar-refractivity contribution < 1.29 is 14.2 Å². The van der Waals surface area contributed by atoms with Gasteiger partial charge in [-0.2, -0.15) is 0 Å². The lowest BCUT2D eigenvalue weighted by molar-refractivity contribution is -0.00352. The molecule has 2 aromatic carbocycles. The van der Waals surface area contributed by atoms with E-state index in [-0.39, 0.29) is 11.5 Å². The van der Waals surface area contributed by atoms with Gasteiger partial charge in [0.2, 0.25) is 0 Å². The van der Waals surface area contributed by atoms with Crippen LogP contribution in [0.3, 0.4) is 0 Å². The highest BCUT2D eigenvalue weighted by molar-refractivity contribution is 6.30. The number of ether oxygens (including phenoxy) is 3. The molecule has 0 aromatic heterocycles. The van der Waals surface area contributed by atoms with Gasteiger partial charge in [0.1, 0.15) is 0 Å². The van der Waals surface area contributed by atoms with Crippen molar-refractivity contribution in [3.63, 3.8) is 0 Å². The van der Waals surface area contributed by atoms with E-state index >= 15 is 0 Å². The first-order valence-corrected chi connectivity index (χ1v) is 11.4. The molecule has 1 fully saturated rings. The zero-order valence-electron chi connectivity index (χ0n) is 19.0. The number of benzene rings is 2. The summed E-state index contributed by atoms with van der Waals surface area (Å²) in [7, 11) is 3.38. The molecule has 0 bridgehead atoms. The number of methoxy groups -OCH3 is 2. The first kappa shape index (κ1) is 22.3. The number of nitrogens with zero attached hydrogens (tertiary/aromatic N) is 2. The summed E-state index contributed by atoms with van der Waals surface area (Å²) in [5.74, 6) is 1.55. The minimum atomic E-state index is -0.0477. The largest absolute Gasteiger partial charge is 0.493 e. The highest BCUT2D eigenvalue weighted by Crippen LogP contribution is 2.44. The second-order valence-corrected chi connectivity index (χ2v) is 9.51. The number of fused-ring (bicyclic) bond motifs is 1. The van der Waals surface area contributed by atoms with Gasteiger partial charge in [0.15, 0.2) is 11.5 Å². The minimum absolute atomic E-state index is 0.0477. The quantitative estimate of drug-likeness (QED) is 0.631. The van der Waals surface area contributed by atoms with Crippen LogP contribution in [0.4, 0.5) is 5.69 Å². The van der Waals surface area contributed by atoms with Gasteiger partial charge in [0, 0.05) is 48.8 Å². The number of halogens is 1. The van der Waals surface area contributed by atoms with Gasteiger partial charge in [-0.15, -0.1) is 0 Å². The van der Waals surface area contributed by atoms with Crippen molar-refractivity contribution in [2.45, 2.75) is 31.8 Å². The van der Waals surface area contributed by atoms with Gasteiger partial charge in [0.25, 0.3) is 0 Å². The number of hydrogen-bond donors (Lipinski definition) is 0. The molecule has 1 unspecified atom stereocenters. The summed E-state index contributed by atoms with van der Waals surface area (Å²) in [5.41, 5.74) is 3.69. The average Bonchev–Trinajstić information content (AvgIpc) is 2.78. The summed E-state index contributed by atoms with van der Waals surface area (Å²) in [6.07, 6.45) is 1.05. The van der Waals surface area contributed by atoms with Crippen molar-refractivity contribution in [2.75, 3.05) is 58.5 Å². The van der Waals surface area contributed by atoms with E-state index in [1.54, 1.807) is 14.2 Å². The molecule has 4 rings (SSSR count). The summed E-state index contributed by atoms with van der Waals surface area (Å²) >= 11 is 6.16. The van der Waals surface area contributed by atoms with Gasteiger partial charge in [-0.05, 0) is 47.9 Å². The molecule has 1 atom stereocenters. The fraction of sp³-hybridized carbons (Fsp3) is 0.520.